The summed E-state index contributed by atoms with van der Waals surface area (Å²) in [5, 5.41) is 0. The van der Waals surface area contributed by atoms with Gasteiger partial charge in [-0.25, -0.2) is 0 Å². The number of hydrogen-bond donors (Lipinski definition) is 0. The molecule has 0 heterocycles. The molecule has 0 saturated heterocycles. The van der Waals surface area contributed by atoms with Gasteiger partial charge >= 0.3 is 0 Å². The van der Waals surface area contributed by atoms with Crippen LogP contribution in [0.5, 0.6) is 0 Å². The van der Waals surface area contributed by atoms with Crippen LogP contribution in [-0.4, -0.2) is 0 Å². The maximum Gasteiger partial charge on any atom is -0.0329 e. The third kappa shape index (κ3) is 1.74. The molecule has 0 bridgehead atoms. The summed E-state index contributed by atoms with van der Waals surface area (Å²) < 4.78 is 0. The zero-order valence-corrected chi connectivity index (χ0v) is 10.3. The van der Waals surface area contributed by atoms with Crippen LogP contribution in [0.15, 0.2) is 0 Å². The standard InChI is InChI=1S/C15H26/c1-11-5-2-8-13-9-4-10-14(15(11)13)12-6-3-7-12/h11-15H,2-10H2,1H3. The fourth-order valence-electron chi connectivity index (χ4n) is 4.89. The van der Waals surface area contributed by atoms with E-state index in [4.69, 9.17) is 0 Å². The first-order valence-electron chi connectivity index (χ1n) is 7.36. The normalized spacial score (nSPS) is 47.0. The van der Waals surface area contributed by atoms with E-state index in [1.54, 1.807) is 38.5 Å². The predicted octanol–water partition coefficient (Wildman–Crippen LogP) is 4.64. The molecule has 4 atom stereocenters. The van der Waals surface area contributed by atoms with Crippen molar-refractivity contribution in [2.45, 2.75) is 64.7 Å². The summed E-state index contributed by atoms with van der Waals surface area (Å²) in [6.45, 7) is 2.55. The highest BCUT2D eigenvalue weighted by Crippen LogP contribution is 2.52. The van der Waals surface area contributed by atoms with E-state index >= 15 is 0 Å². The quantitative estimate of drug-likeness (QED) is 0.586. The van der Waals surface area contributed by atoms with Gasteiger partial charge in [-0.3, -0.25) is 0 Å². The van der Waals surface area contributed by atoms with Crippen LogP contribution in [-0.2, 0) is 0 Å². The van der Waals surface area contributed by atoms with Crippen molar-refractivity contribution in [2.24, 2.45) is 29.6 Å². The maximum atomic E-state index is 2.55. The zero-order chi connectivity index (χ0) is 10.3. The molecule has 0 amide bonds. The van der Waals surface area contributed by atoms with E-state index in [2.05, 4.69) is 6.92 Å². The van der Waals surface area contributed by atoms with Crippen molar-refractivity contribution in [3.63, 3.8) is 0 Å². The lowest BCUT2D eigenvalue weighted by molar-refractivity contribution is 0.00148. The van der Waals surface area contributed by atoms with E-state index in [9.17, 15) is 0 Å². The molecule has 0 radical (unpaired) electrons. The molecule has 0 heteroatoms. The highest BCUT2D eigenvalue weighted by Gasteiger charge is 2.43. The zero-order valence-electron chi connectivity index (χ0n) is 10.3. The first-order chi connectivity index (χ1) is 7.36. The molecule has 0 spiro atoms. The number of rotatable bonds is 1. The first-order valence-corrected chi connectivity index (χ1v) is 7.36. The van der Waals surface area contributed by atoms with Crippen molar-refractivity contribution in [1.29, 1.82) is 0 Å². The van der Waals surface area contributed by atoms with Crippen molar-refractivity contribution in [3.8, 4) is 0 Å². The van der Waals surface area contributed by atoms with E-state index in [1.165, 1.54) is 19.3 Å². The lowest BCUT2D eigenvalue weighted by atomic mass is 9.56. The number of hydrogen-bond acceptors (Lipinski definition) is 0. The largest absolute Gasteiger partial charge is 0.0622 e. The molecule has 3 aliphatic rings. The average molecular weight is 206 g/mol. The van der Waals surface area contributed by atoms with Crippen LogP contribution in [0.3, 0.4) is 0 Å². The highest BCUT2D eigenvalue weighted by atomic mass is 14.5. The molecule has 3 fully saturated rings. The molecule has 0 aromatic carbocycles. The Morgan fingerprint density at radius 2 is 1.27 bits per heavy atom. The van der Waals surface area contributed by atoms with Gasteiger partial charge in [-0.1, -0.05) is 58.3 Å². The Morgan fingerprint density at radius 1 is 0.667 bits per heavy atom. The van der Waals surface area contributed by atoms with Crippen LogP contribution in [0.2, 0.25) is 0 Å². The fraction of sp³-hybridized carbons (Fsp3) is 1.00. The minimum absolute atomic E-state index is 1.05. The van der Waals surface area contributed by atoms with Crippen molar-refractivity contribution in [2.75, 3.05) is 0 Å². The minimum Gasteiger partial charge on any atom is -0.0622 e. The summed E-state index contributed by atoms with van der Waals surface area (Å²) in [6, 6.07) is 0. The average Bonchev–Trinajstić information content (AvgIpc) is 2.15. The Kier molecular flexibility index (Phi) is 2.79. The second kappa shape index (κ2) is 4.11. The SMILES string of the molecule is CC1CCCC2CCCC(C3CCC3)C12. The Morgan fingerprint density at radius 3 is 1.93 bits per heavy atom. The van der Waals surface area contributed by atoms with Crippen molar-refractivity contribution in [3.05, 3.63) is 0 Å². The first kappa shape index (κ1) is 10.2. The summed E-state index contributed by atoms with van der Waals surface area (Å²) in [5.41, 5.74) is 0. The van der Waals surface area contributed by atoms with Gasteiger partial charge in [-0.2, -0.15) is 0 Å². The van der Waals surface area contributed by atoms with Crippen LogP contribution in [0.4, 0.5) is 0 Å². The van der Waals surface area contributed by atoms with Gasteiger partial charge in [0.2, 0.25) is 0 Å². The molecule has 3 saturated carbocycles. The molecule has 0 aromatic heterocycles. The molecule has 0 N–H and O–H groups in total. The topological polar surface area (TPSA) is 0 Å². The highest BCUT2D eigenvalue weighted by molar-refractivity contribution is 4.93. The van der Waals surface area contributed by atoms with Gasteiger partial charge in [-0.05, 0) is 36.0 Å². The molecule has 86 valence electrons. The Hall–Kier alpha value is 0. The van der Waals surface area contributed by atoms with Crippen LogP contribution in [0.25, 0.3) is 0 Å². The van der Waals surface area contributed by atoms with E-state index in [0.29, 0.717) is 0 Å². The molecule has 0 aromatic rings. The maximum absolute atomic E-state index is 2.55. The van der Waals surface area contributed by atoms with Crippen LogP contribution in [0.1, 0.15) is 64.7 Å². The molecule has 0 nitrogen and oxygen atoms in total. The van der Waals surface area contributed by atoms with Gasteiger partial charge in [0.05, 0.1) is 0 Å². The molecule has 0 aliphatic heterocycles. The molecular weight excluding hydrogens is 180 g/mol. The molecule has 4 unspecified atom stereocenters. The lowest BCUT2D eigenvalue weighted by Gasteiger charge is -2.50. The van der Waals surface area contributed by atoms with Gasteiger partial charge in [0, 0.05) is 0 Å². The summed E-state index contributed by atoms with van der Waals surface area (Å²) in [4.78, 5) is 0. The molecule has 15 heavy (non-hydrogen) atoms. The van der Waals surface area contributed by atoms with Crippen molar-refractivity contribution < 1.29 is 0 Å². The Labute approximate surface area is 94.8 Å². The van der Waals surface area contributed by atoms with Crippen molar-refractivity contribution in [1.82, 2.24) is 0 Å². The van der Waals surface area contributed by atoms with Crippen LogP contribution in [0, 0.1) is 29.6 Å². The molecular formula is C15H26. The Bertz CT molecular complexity index is 214. The van der Waals surface area contributed by atoms with Gasteiger partial charge in [0.15, 0.2) is 0 Å². The van der Waals surface area contributed by atoms with Crippen LogP contribution >= 0.6 is 0 Å². The van der Waals surface area contributed by atoms with Gasteiger partial charge in [0.25, 0.3) is 0 Å². The minimum atomic E-state index is 1.05. The summed E-state index contributed by atoms with van der Waals surface area (Å²) in [5.74, 6) is 5.62. The van der Waals surface area contributed by atoms with E-state index < -0.39 is 0 Å². The third-order valence-electron chi connectivity index (χ3n) is 5.80. The fourth-order valence-corrected chi connectivity index (χ4v) is 4.89. The van der Waals surface area contributed by atoms with E-state index in [1.807, 2.05) is 0 Å². The summed E-state index contributed by atoms with van der Waals surface area (Å²) >= 11 is 0. The molecule has 3 rings (SSSR count). The predicted molar refractivity (Wildman–Crippen MR) is 64.7 cm³/mol. The summed E-state index contributed by atoms with van der Waals surface area (Å²) in [6.07, 6.45) is 14.0. The summed E-state index contributed by atoms with van der Waals surface area (Å²) in [7, 11) is 0. The molecule has 3 aliphatic carbocycles. The monoisotopic (exact) mass is 206 g/mol. The Balaban J connectivity index is 1.74. The lowest BCUT2D eigenvalue weighted by Crippen LogP contribution is -2.41. The van der Waals surface area contributed by atoms with E-state index in [0.717, 1.165) is 29.6 Å². The van der Waals surface area contributed by atoms with Gasteiger partial charge in [-0.15, -0.1) is 0 Å². The smallest absolute Gasteiger partial charge is 0.0329 e. The van der Waals surface area contributed by atoms with Crippen molar-refractivity contribution >= 4 is 0 Å². The second-order valence-corrected chi connectivity index (χ2v) is 6.53. The third-order valence-corrected chi connectivity index (χ3v) is 5.80. The van der Waals surface area contributed by atoms with Gasteiger partial charge in [0.1, 0.15) is 0 Å². The second-order valence-electron chi connectivity index (χ2n) is 6.53. The van der Waals surface area contributed by atoms with E-state index in [-0.39, 0.29) is 0 Å². The van der Waals surface area contributed by atoms with Gasteiger partial charge < -0.3 is 0 Å². The van der Waals surface area contributed by atoms with Crippen LogP contribution < -0.4 is 0 Å². The number of fused-ring (bicyclic) bond motifs is 1.